The van der Waals surface area contributed by atoms with E-state index in [-0.39, 0.29) is 10.8 Å². The molecule has 0 bridgehead atoms. The number of esters is 1. The Morgan fingerprint density at radius 1 is 1.46 bits per heavy atom. The lowest BCUT2D eigenvalue weighted by atomic mass is 10.2. The monoisotopic (exact) mass is 242 g/mol. The Hall–Kier alpha value is -0.830. The number of carbonyl (C=O) groups is 1. The fraction of sp³-hybridized carbons (Fsp3) is 0.300. The summed E-state index contributed by atoms with van der Waals surface area (Å²) in [6.07, 6.45) is 0. The molecule has 0 aliphatic rings. The zero-order chi connectivity index (χ0) is 9.68. The maximum atomic E-state index is 11.3. The van der Waals surface area contributed by atoms with E-state index in [2.05, 4.69) is 15.9 Å². The molecule has 0 aliphatic carbocycles. The van der Waals surface area contributed by atoms with E-state index in [4.69, 9.17) is 4.74 Å². The van der Waals surface area contributed by atoms with Crippen LogP contribution >= 0.6 is 15.9 Å². The average Bonchev–Trinajstić information content (AvgIpc) is 2.15. The topological polar surface area (TPSA) is 26.3 Å². The number of halogens is 1. The Morgan fingerprint density at radius 2 is 2.08 bits per heavy atom. The summed E-state index contributed by atoms with van der Waals surface area (Å²) in [6.45, 7) is 2.33. The van der Waals surface area contributed by atoms with Crippen LogP contribution in [0.2, 0.25) is 0 Å². The second-order valence-corrected chi connectivity index (χ2v) is 4.31. The molecule has 70 valence electrons. The maximum absolute atomic E-state index is 11.3. The van der Waals surface area contributed by atoms with Crippen LogP contribution in [0.4, 0.5) is 0 Å². The molecule has 1 atom stereocenters. The molecule has 0 radical (unpaired) electrons. The molecule has 1 unspecified atom stereocenters. The zero-order valence-corrected chi connectivity index (χ0v) is 8.95. The van der Waals surface area contributed by atoms with Gasteiger partial charge in [0.2, 0.25) is 0 Å². The number of hydrogen-bond acceptors (Lipinski definition) is 2. The summed E-state index contributed by atoms with van der Waals surface area (Å²) in [7, 11) is 0. The van der Waals surface area contributed by atoms with Crippen LogP contribution in [0.3, 0.4) is 0 Å². The molecule has 0 saturated carbocycles. The van der Waals surface area contributed by atoms with E-state index in [0.29, 0.717) is 12.2 Å². The van der Waals surface area contributed by atoms with Gasteiger partial charge in [0.15, 0.2) is 0 Å². The van der Waals surface area contributed by atoms with E-state index in [1.54, 1.807) is 12.1 Å². The molecule has 2 nitrogen and oxygen atoms in total. The van der Waals surface area contributed by atoms with Crippen LogP contribution in [0.15, 0.2) is 30.3 Å². The SMILES string of the molecule is CC(Br)COC(=O)c1ccccc1. The Bertz CT molecular complexity index is 270. The van der Waals surface area contributed by atoms with Crippen molar-refractivity contribution in [2.24, 2.45) is 0 Å². The highest BCUT2D eigenvalue weighted by Gasteiger charge is 2.06. The van der Waals surface area contributed by atoms with E-state index >= 15 is 0 Å². The van der Waals surface area contributed by atoms with Crippen molar-refractivity contribution >= 4 is 21.9 Å². The van der Waals surface area contributed by atoms with Gasteiger partial charge in [-0.25, -0.2) is 4.79 Å². The van der Waals surface area contributed by atoms with Gasteiger partial charge in [-0.2, -0.15) is 0 Å². The summed E-state index contributed by atoms with van der Waals surface area (Å²) >= 11 is 3.30. The molecule has 0 aromatic heterocycles. The van der Waals surface area contributed by atoms with Crippen molar-refractivity contribution in [1.82, 2.24) is 0 Å². The van der Waals surface area contributed by atoms with Gasteiger partial charge in [-0.1, -0.05) is 34.1 Å². The van der Waals surface area contributed by atoms with Crippen LogP contribution in [0.1, 0.15) is 17.3 Å². The van der Waals surface area contributed by atoms with Crippen LogP contribution < -0.4 is 0 Å². The molecule has 1 aromatic rings. The molecule has 0 spiro atoms. The lowest BCUT2D eigenvalue weighted by Gasteiger charge is -2.05. The Balaban J connectivity index is 2.50. The van der Waals surface area contributed by atoms with Crippen LogP contribution in [-0.2, 0) is 4.74 Å². The van der Waals surface area contributed by atoms with Crippen molar-refractivity contribution in [2.45, 2.75) is 11.8 Å². The Morgan fingerprint density at radius 3 is 2.62 bits per heavy atom. The van der Waals surface area contributed by atoms with Crippen molar-refractivity contribution in [3.63, 3.8) is 0 Å². The third-order valence-corrected chi connectivity index (χ3v) is 1.72. The quantitative estimate of drug-likeness (QED) is 0.602. The minimum Gasteiger partial charge on any atom is -0.461 e. The molecule has 0 amide bonds. The van der Waals surface area contributed by atoms with Gasteiger partial charge in [0.05, 0.1) is 5.56 Å². The standard InChI is InChI=1S/C10H11BrO2/c1-8(11)7-13-10(12)9-5-3-2-4-6-9/h2-6,8H,7H2,1H3. The fourth-order valence-corrected chi connectivity index (χ4v) is 0.980. The van der Waals surface area contributed by atoms with Crippen molar-refractivity contribution in [1.29, 1.82) is 0 Å². The fourth-order valence-electron chi connectivity index (χ4n) is 0.848. The van der Waals surface area contributed by atoms with Gasteiger partial charge in [0.1, 0.15) is 6.61 Å². The lowest BCUT2D eigenvalue weighted by Crippen LogP contribution is -2.11. The van der Waals surface area contributed by atoms with Crippen LogP contribution in [0.25, 0.3) is 0 Å². The first kappa shape index (κ1) is 10.3. The van der Waals surface area contributed by atoms with Crippen molar-refractivity contribution in [3.05, 3.63) is 35.9 Å². The summed E-state index contributed by atoms with van der Waals surface area (Å²) < 4.78 is 5.00. The van der Waals surface area contributed by atoms with Crippen LogP contribution in [0, 0.1) is 0 Å². The molecule has 0 N–H and O–H groups in total. The highest BCUT2D eigenvalue weighted by molar-refractivity contribution is 9.09. The van der Waals surface area contributed by atoms with Crippen LogP contribution in [-0.4, -0.2) is 17.4 Å². The van der Waals surface area contributed by atoms with Crippen LogP contribution in [0.5, 0.6) is 0 Å². The van der Waals surface area contributed by atoms with Crippen molar-refractivity contribution in [3.8, 4) is 0 Å². The molecule has 3 heteroatoms. The normalized spacial score (nSPS) is 12.2. The molecule has 1 rings (SSSR count). The third kappa shape index (κ3) is 3.59. The van der Waals surface area contributed by atoms with E-state index in [0.717, 1.165) is 0 Å². The molecule has 0 fully saturated rings. The molecular weight excluding hydrogens is 232 g/mol. The smallest absolute Gasteiger partial charge is 0.338 e. The summed E-state index contributed by atoms with van der Waals surface area (Å²) in [4.78, 5) is 11.5. The Labute approximate surface area is 86.0 Å². The number of hydrogen-bond donors (Lipinski definition) is 0. The number of carbonyl (C=O) groups excluding carboxylic acids is 1. The van der Waals surface area contributed by atoms with Gasteiger partial charge in [-0.3, -0.25) is 0 Å². The van der Waals surface area contributed by atoms with E-state index in [9.17, 15) is 4.79 Å². The van der Waals surface area contributed by atoms with Gasteiger partial charge in [0, 0.05) is 4.83 Å². The molecule has 1 aromatic carbocycles. The first-order chi connectivity index (χ1) is 6.20. The first-order valence-electron chi connectivity index (χ1n) is 4.06. The van der Waals surface area contributed by atoms with E-state index < -0.39 is 0 Å². The number of alkyl halides is 1. The summed E-state index contributed by atoms with van der Waals surface area (Å²) in [5.74, 6) is -0.271. The first-order valence-corrected chi connectivity index (χ1v) is 4.98. The maximum Gasteiger partial charge on any atom is 0.338 e. The highest BCUT2D eigenvalue weighted by atomic mass is 79.9. The third-order valence-electron chi connectivity index (χ3n) is 1.45. The van der Waals surface area contributed by atoms with Gasteiger partial charge < -0.3 is 4.74 Å². The second-order valence-electron chi connectivity index (χ2n) is 2.75. The van der Waals surface area contributed by atoms with E-state index in [1.165, 1.54) is 0 Å². The highest BCUT2D eigenvalue weighted by Crippen LogP contribution is 2.03. The van der Waals surface area contributed by atoms with Crippen molar-refractivity contribution in [2.75, 3.05) is 6.61 Å². The summed E-state index contributed by atoms with van der Waals surface area (Å²) in [6, 6.07) is 8.97. The predicted molar refractivity (Wildman–Crippen MR) is 55.1 cm³/mol. The minimum absolute atomic E-state index is 0.195. The summed E-state index contributed by atoms with van der Waals surface area (Å²) in [5.41, 5.74) is 0.593. The molecule has 0 aliphatic heterocycles. The van der Waals surface area contributed by atoms with Gasteiger partial charge >= 0.3 is 5.97 Å². The molecule has 0 heterocycles. The zero-order valence-electron chi connectivity index (χ0n) is 7.37. The predicted octanol–water partition coefficient (Wildman–Crippen LogP) is 2.63. The number of benzene rings is 1. The van der Waals surface area contributed by atoms with Gasteiger partial charge in [-0.05, 0) is 19.1 Å². The molecule has 13 heavy (non-hydrogen) atoms. The number of rotatable bonds is 3. The van der Waals surface area contributed by atoms with Gasteiger partial charge in [0.25, 0.3) is 0 Å². The Kier molecular flexibility index (Phi) is 3.96. The minimum atomic E-state index is -0.271. The summed E-state index contributed by atoms with van der Waals surface area (Å²) in [5, 5.41) is 0. The van der Waals surface area contributed by atoms with E-state index in [1.807, 2.05) is 25.1 Å². The molecule has 0 saturated heterocycles. The van der Waals surface area contributed by atoms with Gasteiger partial charge in [-0.15, -0.1) is 0 Å². The largest absolute Gasteiger partial charge is 0.461 e. The lowest BCUT2D eigenvalue weighted by molar-refractivity contribution is 0.0512. The average molecular weight is 243 g/mol. The second kappa shape index (κ2) is 5.02. The molecular formula is C10H11BrO2. The van der Waals surface area contributed by atoms with Crippen molar-refractivity contribution < 1.29 is 9.53 Å². The number of ether oxygens (including phenoxy) is 1.